The van der Waals surface area contributed by atoms with Gasteiger partial charge in [-0.3, -0.25) is 9.36 Å². The average molecular weight is 306 g/mol. The molecule has 0 spiro atoms. The molecule has 1 heterocycles. The van der Waals surface area contributed by atoms with E-state index in [0.717, 1.165) is 12.8 Å². The molecular formula is C11H16ClN3O3S. The van der Waals surface area contributed by atoms with E-state index in [1.807, 2.05) is 0 Å². The lowest BCUT2D eigenvalue weighted by Gasteiger charge is -2.29. The molecule has 19 heavy (non-hydrogen) atoms. The number of halogens is 1. The Morgan fingerprint density at radius 3 is 2.79 bits per heavy atom. The summed E-state index contributed by atoms with van der Waals surface area (Å²) in [6.45, 7) is 0. The van der Waals surface area contributed by atoms with Crippen molar-refractivity contribution in [2.45, 2.75) is 37.0 Å². The second kappa shape index (κ2) is 5.13. The molecule has 1 saturated carbocycles. The maximum absolute atomic E-state index is 12.0. The van der Waals surface area contributed by atoms with Crippen LogP contribution >= 0.6 is 11.6 Å². The van der Waals surface area contributed by atoms with Crippen molar-refractivity contribution >= 4 is 27.1 Å². The lowest BCUT2D eigenvalue weighted by Crippen LogP contribution is -2.34. The minimum atomic E-state index is -3.09. The van der Waals surface area contributed by atoms with Crippen molar-refractivity contribution in [3.8, 4) is 0 Å². The summed E-state index contributed by atoms with van der Waals surface area (Å²) in [7, 11) is -3.09. The van der Waals surface area contributed by atoms with Crippen LogP contribution in [0.4, 0.5) is 5.69 Å². The van der Waals surface area contributed by atoms with E-state index in [1.165, 1.54) is 17.2 Å². The van der Waals surface area contributed by atoms with Crippen molar-refractivity contribution in [2.75, 3.05) is 12.0 Å². The molecule has 1 aromatic heterocycles. The molecule has 2 N–H and O–H groups in total. The number of hydrogen-bond acceptors (Lipinski definition) is 5. The highest BCUT2D eigenvalue weighted by Gasteiger charge is 2.30. The number of rotatable bonds is 2. The summed E-state index contributed by atoms with van der Waals surface area (Å²) >= 11 is 5.68. The van der Waals surface area contributed by atoms with Crippen molar-refractivity contribution in [3.05, 3.63) is 21.8 Å². The first-order chi connectivity index (χ1) is 8.80. The van der Waals surface area contributed by atoms with Gasteiger partial charge in [0.05, 0.1) is 11.6 Å². The van der Waals surface area contributed by atoms with E-state index in [0.29, 0.717) is 12.8 Å². The lowest BCUT2D eigenvalue weighted by molar-refractivity contribution is 0.343. The second-order valence-corrected chi connectivity index (χ2v) is 7.62. The minimum Gasteiger partial charge on any atom is -0.392 e. The van der Waals surface area contributed by atoms with Crippen molar-refractivity contribution in [1.29, 1.82) is 0 Å². The predicted molar refractivity (Wildman–Crippen MR) is 74.1 cm³/mol. The van der Waals surface area contributed by atoms with E-state index in [1.54, 1.807) is 0 Å². The summed E-state index contributed by atoms with van der Waals surface area (Å²) < 4.78 is 24.6. The SMILES string of the molecule is CS(=O)(=O)C1CCCC(n2cnc(Cl)c(N)c2=O)C1. The Kier molecular flexibility index (Phi) is 3.87. The second-order valence-electron chi connectivity index (χ2n) is 4.93. The van der Waals surface area contributed by atoms with Crippen molar-refractivity contribution in [2.24, 2.45) is 0 Å². The third kappa shape index (κ3) is 2.92. The Morgan fingerprint density at radius 2 is 2.16 bits per heavy atom. The molecule has 0 saturated heterocycles. The van der Waals surface area contributed by atoms with Crippen LogP contribution in [0, 0.1) is 0 Å². The Bertz CT molecular complexity index is 641. The van der Waals surface area contributed by atoms with Crippen molar-refractivity contribution in [1.82, 2.24) is 9.55 Å². The Labute approximate surface area is 116 Å². The number of nitrogens with zero attached hydrogens (tertiary/aromatic N) is 2. The van der Waals surface area contributed by atoms with Gasteiger partial charge in [-0.05, 0) is 19.3 Å². The normalized spacial score (nSPS) is 24.3. The molecule has 0 aliphatic heterocycles. The van der Waals surface area contributed by atoms with Gasteiger partial charge in [-0.15, -0.1) is 0 Å². The highest BCUT2D eigenvalue weighted by atomic mass is 35.5. The fraction of sp³-hybridized carbons (Fsp3) is 0.636. The molecule has 106 valence electrons. The molecule has 2 atom stereocenters. The van der Waals surface area contributed by atoms with Gasteiger partial charge in [0.2, 0.25) is 0 Å². The number of hydrogen-bond donors (Lipinski definition) is 1. The maximum Gasteiger partial charge on any atom is 0.278 e. The van der Waals surface area contributed by atoms with Crippen molar-refractivity contribution < 1.29 is 8.42 Å². The average Bonchev–Trinajstić information content (AvgIpc) is 2.35. The number of sulfone groups is 1. The number of nitrogens with two attached hydrogens (primary N) is 1. The van der Waals surface area contributed by atoms with Crippen LogP contribution in [-0.2, 0) is 9.84 Å². The zero-order chi connectivity index (χ0) is 14.2. The number of aromatic nitrogens is 2. The highest BCUT2D eigenvalue weighted by Crippen LogP contribution is 2.31. The van der Waals surface area contributed by atoms with E-state index < -0.39 is 20.6 Å². The fourth-order valence-corrected chi connectivity index (χ4v) is 3.78. The molecule has 1 aliphatic rings. The largest absolute Gasteiger partial charge is 0.392 e. The maximum atomic E-state index is 12.0. The van der Waals surface area contributed by atoms with E-state index >= 15 is 0 Å². The first kappa shape index (κ1) is 14.3. The smallest absolute Gasteiger partial charge is 0.278 e. The standard InChI is InChI=1S/C11H16ClN3O3S/c1-19(17,18)8-4-2-3-7(5-8)15-6-14-10(12)9(13)11(15)16/h6-8H,2-5,13H2,1H3. The third-order valence-corrected chi connectivity index (χ3v) is 5.52. The molecule has 1 aromatic rings. The summed E-state index contributed by atoms with van der Waals surface area (Å²) in [5.41, 5.74) is 5.07. The number of anilines is 1. The molecule has 8 heteroatoms. The Morgan fingerprint density at radius 1 is 1.47 bits per heavy atom. The summed E-state index contributed by atoms with van der Waals surface area (Å²) in [5, 5.41) is -0.424. The topological polar surface area (TPSA) is 95.1 Å². The summed E-state index contributed by atoms with van der Waals surface area (Å²) in [4.78, 5) is 15.9. The van der Waals surface area contributed by atoms with E-state index in [9.17, 15) is 13.2 Å². The summed E-state index contributed by atoms with van der Waals surface area (Å²) in [6, 6.07) is -0.187. The van der Waals surface area contributed by atoms with Gasteiger partial charge in [-0.2, -0.15) is 0 Å². The van der Waals surface area contributed by atoms with Crippen LogP contribution < -0.4 is 11.3 Å². The van der Waals surface area contributed by atoms with Gasteiger partial charge in [0.1, 0.15) is 15.5 Å². The summed E-state index contributed by atoms with van der Waals surface area (Å²) in [6.07, 6.45) is 5.14. The summed E-state index contributed by atoms with van der Waals surface area (Å²) in [5.74, 6) is 0. The van der Waals surface area contributed by atoms with Gasteiger partial charge in [-0.1, -0.05) is 18.0 Å². The van der Waals surface area contributed by atoms with Crippen LogP contribution in [0.5, 0.6) is 0 Å². The van der Waals surface area contributed by atoms with Gasteiger partial charge >= 0.3 is 0 Å². The molecule has 0 radical (unpaired) electrons. The van der Waals surface area contributed by atoms with E-state index in [-0.39, 0.29) is 16.9 Å². The molecule has 2 rings (SSSR count). The van der Waals surface area contributed by atoms with Crippen molar-refractivity contribution in [3.63, 3.8) is 0 Å². The van der Waals surface area contributed by atoms with Gasteiger partial charge in [0.15, 0.2) is 5.15 Å². The zero-order valence-electron chi connectivity index (χ0n) is 10.5. The van der Waals surface area contributed by atoms with Gasteiger partial charge in [0.25, 0.3) is 5.56 Å². The van der Waals surface area contributed by atoms with Crippen LogP contribution in [0.3, 0.4) is 0 Å². The monoisotopic (exact) mass is 305 g/mol. The minimum absolute atomic E-state index is 0.0169. The van der Waals surface area contributed by atoms with Gasteiger partial charge in [-0.25, -0.2) is 13.4 Å². The van der Waals surface area contributed by atoms with Crippen LogP contribution in [0.25, 0.3) is 0 Å². The molecule has 1 fully saturated rings. The first-order valence-corrected chi connectivity index (χ1v) is 8.35. The van der Waals surface area contributed by atoms with E-state index in [4.69, 9.17) is 17.3 Å². The zero-order valence-corrected chi connectivity index (χ0v) is 12.1. The molecule has 0 bridgehead atoms. The highest BCUT2D eigenvalue weighted by molar-refractivity contribution is 7.91. The van der Waals surface area contributed by atoms with Gasteiger partial charge in [0, 0.05) is 12.3 Å². The van der Waals surface area contributed by atoms with Crippen LogP contribution in [0.15, 0.2) is 11.1 Å². The predicted octanol–water partition coefficient (Wildman–Crippen LogP) is 1.01. The molecule has 2 unspecified atom stereocenters. The van der Waals surface area contributed by atoms with Crippen LogP contribution in [0.2, 0.25) is 5.15 Å². The third-order valence-electron chi connectivity index (χ3n) is 3.58. The molecule has 1 aliphatic carbocycles. The Balaban J connectivity index is 2.33. The fourth-order valence-electron chi connectivity index (χ4n) is 2.48. The molecular weight excluding hydrogens is 290 g/mol. The van der Waals surface area contributed by atoms with Gasteiger partial charge < -0.3 is 5.73 Å². The van der Waals surface area contributed by atoms with E-state index in [2.05, 4.69) is 4.98 Å². The van der Waals surface area contributed by atoms with Crippen LogP contribution in [0.1, 0.15) is 31.7 Å². The first-order valence-electron chi connectivity index (χ1n) is 6.01. The molecule has 0 amide bonds. The Hall–Kier alpha value is -1.08. The quantitative estimate of drug-likeness (QED) is 0.823. The van der Waals surface area contributed by atoms with Crippen LogP contribution in [-0.4, -0.2) is 29.5 Å². The molecule has 6 nitrogen and oxygen atoms in total. The number of nitrogen functional groups attached to an aromatic ring is 1. The molecule has 0 aromatic carbocycles. The lowest BCUT2D eigenvalue weighted by atomic mass is 9.95.